The van der Waals surface area contributed by atoms with Gasteiger partial charge in [-0.25, -0.2) is 18.7 Å². The second-order valence-electron chi connectivity index (χ2n) is 8.24. The number of aryl methyl sites for hydroxylation is 3. The van der Waals surface area contributed by atoms with Crippen LogP contribution in [0.3, 0.4) is 0 Å². The Labute approximate surface area is 193 Å². The van der Waals surface area contributed by atoms with Crippen molar-refractivity contribution in [1.29, 1.82) is 0 Å². The van der Waals surface area contributed by atoms with Crippen molar-refractivity contribution in [1.82, 2.24) is 9.97 Å². The van der Waals surface area contributed by atoms with Crippen molar-refractivity contribution in [3.05, 3.63) is 107 Å². The van der Waals surface area contributed by atoms with Crippen LogP contribution in [0.15, 0.2) is 67.0 Å². The number of fused-ring (bicyclic) bond motifs is 1. The van der Waals surface area contributed by atoms with Gasteiger partial charge in [-0.3, -0.25) is 0 Å². The number of benzene rings is 3. The maximum absolute atomic E-state index is 14.6. The number of aromatic nitrogens is 2. The Kier molecular flexibility index (Phi) is 7.42. The van der Waals surface area contributed by atoms with Gasteiger partial charge in [0.1, 0.15) is 17.5 Å². The van der Waals surface area contributed by atoms with Crippen molar-refractivity contribution in [2.75, 3.05) is 0 Å². The van der Waals surface area contributed by atoms with Crippen molar-refractivity contribution < 1.29 is 8.78 Å². The van der Waals surface area contributed by atoms with Gasteiger partial charge in [-0.1, -0.05) is 49.8 Å². The molecule has 4 heteroatoms. The van der Waals surface area contributed by atoms with Crippen LogP contribution in [0.1, 0.15) is 54.3 Å². The summed E-state index contributed by atoms with van der Waals surface area (Å²) in [4.78, 5) is 8.91. The average Bonchev–Trinajstić information content (AvgIpc) is 2.83. The highest BCUT2D eigenvalue weighted by Crippen LogP contribution is 2.17. The molecule has 33 heavy (non-hydrogen) atoms. The van der Waals surface area contributed by atoms with E-state index in [9.17, 15) is 8.78 Å². The fourth-order valence-corrected chi connectivity index (χ4v) is 3.72. The average molecular weight is 441 g/mol. The van der Waals surface area contributed by atoms with E-state index in [0.29, 0.717) is 18.4 Å². The van der Waals surface area contributed by atoms with Crippen LogP contribution in [0.4, 0.5) is 8.78 Å². The number of unbranched alkanes of at least 4 members (excludes halogenated alkanes) is 2. The third-order valence-corrected chi connectivity index (χ3v) is 5.64. The third kappa shape index (κ3) is 6.23. The van der Waals surface area contributed by atoms with Gasteiger partial charge in [0, 0.05) is 24.4 Å². The molecule has 166 valence electrons. The van der Waals surface area contributed by atoms with Crippen LogP contribution in [-0.4, -0.2) is 9.97 Å². The lowest BCUT2D eigenvalue weighted by Gasteiger charge is -2.04. The minimum Gasteiger partial charge on any atom is -0.241 e. The van der Waals surface area contributed by atoms with Crippen LogP contribution in [0.25, 0.3) is 10.8 Å². The van der Waals surface area contributed by atoms with Crippen molar-refractivity contribution in [3.63, 3.8) is 0 Å². The van der Waals surface area contributed by atoms with Gasteiger partial charge >= 0.3 is 0 Å². The van der Waals surface area contributed by atoms with E-state index in [1.807, 2.05) is 36.7 Å². The lowest BCUT2D eigenvalue weighted by atomic mass is 10.0. The number of nitrogens with zero attached hydrogens (tertiary/aromatic N) is 2. The molecule has 0 aliphatic rings. The summed E-state index contributed by atoms with van der Waals surface area (Å²) in [5.41, 5.74) is 3.17. The third-order valence-electron chi connectivity index (χ3n) is 5.64. The van der Waals surface area contributed by atoms with Gasteiger partial charge in [-0.2, -0.15) is 0 Å². The van der Waals surface area contributed by atoms with E-state index in [0.717, 1.165) is 40.6 Å². The summed E-state index contributed by atoms with van der Waals surface area (Å²) in [5.74, 6) is 6.08. The minimum atomic E-state index is -0.338. The Balaban J connectivity index is 1.38. The summed E-state index contributed by atoms with van der Waals surface area (Å²) in [6.07, 6.45) is 9.73. The lowest BCUT2D eigenvalue weighted by Crippen LogP contribution is -2.00. The number of hydrogen-bond acceptors (Lipinski definition) is 2. The van der Waals surface area contributed by atoms with Crippen LogP contribution >= 0.6 is 0 Å². The molecule has 0 aliphatic carbocycles. The second kappa shape index (κ2) is 10.8. The Bertz CT molecular complexity index is 1300. The molecule has 0 amide bonds. The summed E-state index contributed by atoms with van der Waals surface area (Å²) in [6, 6.07) is 15.3. The molecule has 0 saturated carbocycles. The molecular formula is C29H26F2N2. The predicted octanol–water partition coefficient (Wildman–Crippen LogP) is 6.83. The Hall–Kier alpha value is -3.58. The van der Waals surface area contributed by atoms with Gasteiger partial charge in [0.15, 0.2) is 0 Å². The van der Waals surface area contributed by atoms with E-state index in [1.54, 1.807) is 12.1 Å². The van der Waals surface area contributed by atoms with Crippen LogP contribution < -0.4 is 0 Å². The Morgan fingerprint density at radius 2 is 1.52 bits per heavy atom. The molecular weight excluding hydrogens is 414 g/mol. The predicted molar refractivity (Wildman–Crippen MR) is 129 cm³/mol. The first-order valence-electron chi connectivity index (χ1n) is 11.4. The van der Waals surface area contributed by atoms with Crippen LogP contribution in [0.5, 0.6) is 0 Å². The van der Waals surface area contributed by atoms with E-state index in [-0.39, 0.29) is 11.6 Å². The molecule has 1 aromatic heterocycles. The smallest absolute Gasteiger partial charge is 0.139 e. The Morgan fingerprint density at radius 1 is 0.727 bits per heavy atom. The van der Waals surface area contributed by atoms with Gasteiger partial charge in [-0.05, 0) is 77.6 Å². The number of hydrogen-bond donors (Lipinski definition) is 0. The monoisotopic (exact) mass is 440 g/mol. The standard InChI is InChI=1S/C29H26F2N2/c1-2-3-4-5-23-19-32-29(33-20-23)15-9-22-7-11-24(28(31)17-22)10-6-21-8-12-26-18-27(30)14-13-25(26)16-21/h7-8,11-14,16-20H,2-5,9,15H2,1H3. The molecule has 4 aromatic rings. The van der Waals surface area contributed by atoms with Crippen molar-refractivity contribution in [2.24, 2.45) is 0 Å². The van der Waals surface area contributed by atoms with Gasteiger partial charge < -0.3 is 0 Å². The molecule has 4 rings (SSSR count). The molecule has 0 spiro atoms. The number of halogens is 2. The molecule has 0 unspecified atom stereocenters. The first-order valence-corrected chi connectivity index (χ1v) is 11.4. The van der Waals surface area contributed by atoms with E-state index < -0.39 is 0 Å². The normalized spacial score (nSPS) is 10.8. The van der Waals surface area contributed by atoms with Crippen molar-refractivity contribution in [2.45, 2.75) is 45.4 Å². The van der Waals surface area contributed by atoms with Gasteiger partial charge in [-0.15, -0.1) is 0 Å². The zero-order valence-electron chi connectivity index (χ0n) is 18.7. The maximum Gasteiger partial charge on any atom is 0.139 e. The largest absolute Gasteiger partial charge is 0.241 e. The highest BCUT2D eigenvalue weighted by molar-refractivity contribution is 5.84. The molecule has 0 radical (unpaired) electrons. The summed E-state index contributed by atoms with van der Waals surface area (Å²) in [5, 5.41) is 1.71. The number of rotatable bonds is 7. The quantitative estimate of drug-likeness (QED) is 0.233. The molecule has 0 aliphatic heterocycles. The van der Waals surface area contributed by atoms with Gasteiger partial charge in [0.2, 0.25) is 0 Å². The first-order chi connectivity index (χ1) is 16.1. The highest BCUT2D eigenvalue weighted by Gasteiger charge is 2.04. The first kappa shape index (κ1) is 22.6. The molecule has 0 bridgehead atoms. The highest BCUT2D eigenvalue weighted by atomic mass is 19.1. The second-order valence-corrected chi connectivity index (χ2v) is 8.24. The van der Waals surface area contributed by atoms with Crippen LogP contribution in [-0.2, 0) is 19.3 Å². The SMILES string of the molecule is CCCCCc1cnc(CCc2ccc(C#Cc3ccc4cc(F)ccc4c3)c(F)c2)nc1. The summed E-state index contributed by atoms with van der Waals surface area (Å²) >= 11 is 0. The molecule has 0 fully saturated rings. The molecule has 0 saturated heterocycles. The van der Waals surface area contributed by atoms with Gasteiger partial charge in [0.25, 0.3) is 0 Å². The van der Waals surface area contributed by atoms with E-state index >= 15 is 0 Å². The lowest BCUT2D eigenvalue weighted by molar-refractivity contribution is 0.621. The summed E-state index contributed by atoms with van der Waals surface area (Å²) in [6.45, 7) is 2.19. The van der Waals surface area contributed by atoms with Crippen LogP contribution in [0, 0.1) is 23.5 Å². The molecule has 3 aromatic carbocycles. The topological polar surface area (TPSA) is 25.8 Å². The van der Waals surface area contributed by atoms with E-state index in [4.69, 9.17) is 0 Å². The summed E-state index contributed by atoms with van der Waals surface area (Å²) < 4.78 is 27.9. The molecule has 2 nitrogen and oxygen atoms in total. The van der Waals surface area contributed by atoms with Crippen molar-refractivity contribution in [3.8, 4) is 11.8 Å². The van der Waals surface area contributed by atoms with Crippen molar-refractivity contribution >= 4 is 10.8 Å². The fourth-order valence-electron chi connectivity index (χ4n) is 3.72. The fraction of sp³-hybridized carbons (Fsp3) is 0.241. The Morgan fingerprint density at radius 3 is 2.30 bits per heavy atom. The molecule has 0 atom stereocenters. The molecule has 0 N–H and O–H groups in total. The maximum atomic E-state index is 14.6. The summed E-state index contributed by atoms with van der Waals surface area (Å²) in [7, 11) is 0. The van der Waals surface area contributed by atoms with E-state index in [2.05, 4.69) is 28.7 Å². The zero-order chi connectivity index (χ0) is 23.0. The van der Waals surface area contributed by atoms with Crippen LogP contribution in [0.2, 0.25) is 0 Å². The van der Waals surface area contributed by atoms with E-state index in [1.165, 1.54) is 36.6 Å². The minimum absolute atomic E-state index is 0.269. The molecule has 1 heterocycles. The zero-order valence-corrected chi connectivity index (χ0v) is 18.7. The van der Waals surface area contributed by atoms with Gasteiger partial charge in [0.05, 0.1) is 5.56 Å².